The summed E-state index contributed by atoms with van der Waals surface area (Å²) in [5.41, 5.74) is 4.78. The number of hydrogen-bond donors (Lipinski definition) is 1. The zero-order valence-electron chi connectivity index (χ0n) is 12.5. The summed E-state index contributed by atoms with van der Waals surface area (Å²) in [5, 5.41) is 20.2. The average molecular weight is 306 g/mol. The molecule has 1 N–H and O–H groups in total. The Hall–Kier alpha value is -2.80. The van der Waals surface area contributed by atoms with E-state index in [4.69, 9.17) is 5.26 Å². The van der Waals surface area contributed by atoms with Gasteiger partial charge in [-0.05, 0) is 49.1 Å². The van der Waals surface area contributed by atoms with Crippen LogP contribution in [0.2, 0.25) is 0 Å². The molecule has 0 aliphatic heterocycles. The lowest BCUT2D eigenvalue weighted by atomic mass is 10.1. The van der Waals surface area contributed by atoms with Gasteiger partial charge in [0.25, 0.3) is 0 Å². The topological polar surface area (TPSA) is 49.0 Å². The van der Waals surface area contributed by atoms with Crippen LogP contribution in [0.4, 0.5) is 4.39 Å². The molecule has 0 saturated carbocycles. The highest BCUT2D eigenvalue weighted by Gasteiger charge is 2.22. The lowest BCUT2D eigenvalue weighted by molar-refractivity contribution is 0.424. The minimum Gasteiger partial charge on any atom is -0.505 e. The zero-order chi connectivity index (χ0) is 16.0. The zero-order valence-corrected chi connectivity index (χ0v) is 12.5. The molecule has 3 nitrogen and oxygen atoms in total. The lowest BCUT2D eigenvalue weighted by Gasteiger charge is -2.11. The van der Waals surface area contributed by atoms with E-state index in [-0.39, 0.29) is 5.75 Å². The molecular formula is C19H15FN2O. The van der Waals surface area contributed by atoms with Crippen molar-refractivity contribution in [2.75, 3.05) is 0 Å². The Morgan fingerprint density at radius 2 is 2.09 bits per heavy atom. The second-order valence-corrected chi connectivity index (χ2v) is 5.96. The van der Waals surface area contributed by atoms with Crippen molar-refractivity contribution in [1.82, 2.24) is 4.57 Å². The smallest absolute Gasteiger partial charge is 0.165 e. The van der Waals surface area contributed by atoms with Crippen LogP contribution in [0, 0.1) is 17.1 Å². The van der Waals surface area contributed by atoms with Crippen molar-refractivity contribution in [2.45, 2.75) is 25.8 Å². The van der Waals surface area contributed by atoms with E-state index in [0.29, 0.717) is 17.7 Å². The molecule has 4 rings (SSSR count). The van der Waals surface area contributed by atoms with Crippen molar-refractivity contribution in [3.8, 4) is 11.8 Å². The van der Waals surface area contributed by atoms with Gasteiger partial charge in [0.05, 0.1) is 18.2 Å². The molecule has 1 heterocycles. The monoisotopic (exact) mass is 306 g/mol. The first-order valence-electron chi connectivity index (χ1n) is 7.69. The van der Waals surface area contributed by atoms with Crippen LogP contribution >= 0.6 is 0 Å². The van der Waals surface area contributed by atoms with Crippen LogP contribution in [0.15, 0.2) is 36.4 Å². The van der Waals surface area contributed by atoms with Gasteiger partial charge in [-0.25, -0.2) is 4.39 Å². The molecule has 3 aromatic rings. The molecular weight excluding hydrogens is 291 g/mol. The maximum absolute atomic E-state index is 13.6. The van der Waals surface area contributed by atoms with E-state index in [1.807, 2.05) is 12.1 Å². The Bertz CT molecular complexity index is 966. The quantitative estimate of drug-likeness (QED) is 0.780. The highest BCUT2D eigenvalue weighted by atomic mass is 19.1. The highest BCUT2D eigenvalue weighted by molar-refractivity contribution is 5.87. The van der Waals surface area contributed by atoms with E-state index in [2.05, 4.69) is 10.6 Å². The Morgan fingerprint density at radius 3 is 2.91 bits per heavy atom. The predicted octanol–water partition coefficient (Wildman–Crippen LogP) is 3.89. The lowest BCUT2D eigenvalue weighted by Crippen LogP contribution is -2.04. The number of nitriles is 1. The molecule has 1 aromatic heterocycles. The van der Waals surface area contributed by atoms with Gasteiger partial charge in [0.15, 0.2) is 11.6 Å². The minimum atomic E-state index is -0.595. The van der Waals surface area contributed by atoms with Gasteiger partial charge in [0.1, 0.15) is 0 Å². The standard InChI is InChI=1S/C19H15FN2O/c20-16-5-1-3-13(19(16)23)11-22-17-6-2-4-14(17)15-9-12(10-21)7-8-18(15)22/h1,3,5,7-9,23H,2,4,6,11H2. The van der Waals surface area contributed by atoms with Crippen LogP contribution in [0.1, 0.15) is 28.8 Å². The number of halogens is 1. The normalized spacial score (nSPS) is 13.2. The SMILES string of the molecule is N#Cc1ccc2c(c1)c1c(n2Cc2cccc(F)c2O)CCC1. The molecule has 0 bridgehead atoms. The maximum Gasteiger partial charge on any atom is 0.165 e. The first kappa shape index (κ1) is 13.8. The third-order valence-corrected chi connectivity index (χ3v) is 4.65. The van der Waals surface area contributed by atoms with Gasteiger partial charge in [-0.15, -0.1) is 0 Å². The van der Waals surface area contributed by atoms with Crippen LogP contribution in [-0.2, 0) is 19.4 Å². The van der Waals surface area contributed by atoms with Crippen LogP contribution in [-0.4, -0.2) is 9.67 Å². The third-order valence-electron chi connectivity index (χ3n) is 4.65. The number of phenols is 1. The Morgan fingerprint density at radius 1 is 1.22 bits per heavy atom. The van der Waals surface area contributed by atoms with Crippen LogP contribution in [0.25, 0.3) is 10.9 Å². The number of benzene rings is 2. The second-order valence-electron chi connectivity index (χ2n) is 5.96. The summed E-state index contributed by atoms with van der Waals surface area (Å²) in [6, 6.07) is 12.5. The number of aryl methyl sites for hydroxylation is 1. The van der Waals surface area contributed by atoms with Gasteiger partial charge in [-0.3, -0.25) is 0 Å². The van der Waals surface area contributed by atoms with Crippen molar-refractivity contribution in [2.24, 2.45) is 0 Å². The number of phenolic OH excluding ortho intramolecular Hbond substituents is 1. The summed E-state index contributed by atoms with van der Waals surface area (Å²) in [7, 11) is 0. The predicted molar refractivity (Wildman–Crippen MR) is 85.8 cm³/mol. The molecule has 114 valence electrons. The summed E-state index contributed by atoms with van der Waals surface area (Å²) < 4.78 is 15.7. The molecule has 0 unspecified atom stereocenters. The Kier molecular flexibility index (Phi) is 3.09. The summed E-state index contributed by atoms with van der Waals surface area (Å²) >= 11 is 0. The average Bonchev–Trinajstić information content (AvgIpc) is 3.14. The molecule has 23 heavy (non-hydrogen) atoms. The van der Waals surface area contributed by atoms with Gasteiger partial charge in [-0.1, -0.05) is 12.1 Å². The fourth-order valence-electron chi connectivity index (χ4n) is 3.58. The molecule has 0 atom stereocenters. The fraction of sp³-hybridized carbons (Fsp3) is 0.211. The fourth-order valence-corrected chi connectivity index (χ4v) is 3.58. The van der Waals surface area contributed by atoms with Crippen LogP contribution < -0.4 is 0 Å². The third kappa shape index (κ3) is 2.08. The number of hydrogen-bond acceptors (Lipinski definition) is 2. The van der Waals surface area contributed by atoms with Crippen LogP contribution in [0.5, 0.6) is 5.75 Å². The Labute approximate surface area is 133 Å². The summed E-state index contributed by atoms with van der Waals surface area (Å²) in [6.45, 7) is 0.432. The largest absolute Gasteiger partial charge is 0.505 e. The molecule has 2 aromatic carbocycles. The number of para-hydroxylation sites is 1. The highest BCUT2D eigenvalue weighted by Crippen LogP contribution is 2.35. The van der Waals surface area contributed by atoms with Gasteiger partial charge in [0.2, 0.25) is 0 Å². The number of aromatic nitrogens is 1. The Balaban J connectivity index is 1.90. The molecule has 0 saturated heterocycles. The second kappa shape index (κ2) is 5.13. The number of nitrogens with zero attached hydrogens (tertiary/aromatic N) is 2. The van der Waals surface area contributed by atoms with Gasteiger partial charge in [0, 0.05) is 22.2 Å². The number of aromatic hydroxyl groups is 1. The summed E-state index contributed by atoms with van der Waals surface area (Å²) in [6.07, 6.45) is 3.07. The van der Waals surface area contributed by atoms with Crippen molar-refractivity contribution in [1.29, 1.82) is 5.26 Å². The van der Waals surface area contributed by atoms with Crippen LogP contribution in [0.3, 0.4) is 0 Å². The summed E-state index contributed by atoms with van der Waals surface area (Å²) in [4.78, 5) is 0. The van der Waals surface area contributed by atoms with Gasteiger partial charge in [-0.2, -0.15) is 5.26 Å². The van der Waals surface area contributed by atoms with Crippen molar-refractivity contribution in [3.05, 3.63) is 64.6 Å². The molecule has 1 aliphatic carbocycles. The van der Waals surface area contributed by atoms with Crippen molar-refractivity contribution in [3.63, 3.8) is 0 Å². The first-order valence-corrected chi connectivity index (χ1v) is 7.69. The molecule has 0 spiro atoms. The summed E-state index contributed by atoms with van der Waals surface area (Å²) in [5.74, 6) is -0.878. The van der Waals surface area contributed by atoms with E-state index < -0.39 is 5.82 Å². The number of rotatable bonds is 2. The van der Waals surface area contributed by atoms with Gasteiger partial charge < -0.3 is 9.67 Å². The first-order chi connectivity index (χ1) is 11.2. The molecule has 0 fully saturated rings. The van der Waals surface area contributed by atoms with Crippen molar-refractivity contribution >= 4 is 10.9 Å². The van der Waals surface area contributed by atoms with E-state index in [1.54, 1.807) is 18.2 Å². The van der Waals surface area contributed by atoms with E-state index in [0.717, 1.165) is 30.2 Å². The van der Waals surface area contributed by atoms with Gasteiger partial charge >= 0.3 is 0 Å². The molecule has 0 amide bonds. The maximum atomic E-state index is 13.6. The minimum absolute atomic E-state index is 0.283. The van der Waals surface area contributed by atoms with Crippen molar-refractivity contribution < 1.29 is 9.50 Å². The molecule has 1 aliphatic rings. The van der Waals surface area contributed by atoms with E-state index in [1.165, 1.54) is 17.3 Å². The molecule has 4 heteroatoms. The number of fused-ring (bicyclic) bond motifs is 3. The van der Waals surface area contributed by atoms with E-state index in [9.17, 15) is 9.50 Å². The molecule has 0 radical (unpaired) electrons. The van der Waals surface area contributed by atoms with E-state index >= 15 is 0 Å².